The Labute approximate surface area is 149 Å². The van der Waals surface area contributed by atoms with Crippen molar-refractivity contribution < 1.29 is 4.79 Å². The number of hydrogen-bond acceptors (Lipinski definition) is 3. The normalized spacial score (nSPS) is 12.1. The lowest BCUT2D eigenvalue weighted by Gasteiger charge is -2.24. The molecule has 0 aliphatic rings. The third-order valence-electron chi connectivity index (χ3n) is 4.04. The monoisotopic (exact) mass is 345 g/mol. The van der Waals surface area contributed by atoms with Gasteiger partial charge in [0.05, 0.1) is 6.04 Å². The van der Waals surface area contributed by atoms with Crippen LogP contribution in [0.4, 0.5) is 11.4 Å². The van der Waals surface area contributed by atoms with Crippen LogP contribution in [0, 0.1) is 0 Å². The van der Waals surface area contributed by atoms with Crippen molar-refractivity contribution in [1.82, 2.24) is 4.90 Å². The fourth-order valence-corrected chi connectivity index (χ4v) is 2.43. The van der Waals surface area contributed by atoms with Gasteiger partial charge in [-0.3, -0.25) is 9.69 Å². The van der Waals surface area contributed by atoms with Crippen molar-refractivity contribution in [3.63, 3.8) is 0 Å². The summed E-state index contributed by atoms with van der Waals surface area (Å²) in [5.41, 5.74) is 3.09. The molecule has 0 aliphatic carbocycles. The Morgan fingerprint density at radius 3 is 2.17 bits per heavy atom. The SMILES string of the molecule is C[C@H](C(=O)Nc1ccc(Cl)cc1)N(C)Cc1ccc(N(C)C)cc1. The first-order valence-electron chi connectivity index (χ1n) is 7.90. The number of hydrogen-bond donors (Lipinski definition) is 1. The molecule has 0 heterocycles. The van der Waals surface area contributed by atoms with Crippen LogP contribution >= 0.6 is 11.6 Å². The number of amides is 1. The summed E-state index contributed by atoms with van der Waals surface area (Å²) in [7, 11) is 5.99. The number of carbonyl (C=O) groups is 1. The van der Waals surface area contributed by atoms with E-state index in [9.17, 15) is 4.79 Å². The van der Waals surface area contributed by atoms with Gasteiger partial charge in [-0.1, -0.05) is 23.7 Å². The van der Waals surface area contributed by atoms with Crippen LogP contribution in [0.15, 0.2) is 48.5 Å². The molecule has 0 unspecified atom stereocenters. The standard InChI is InChI=1S/C19H24ClN3O/c1-14(19(24)21-17-9-7-16(20)8-10-17)23(4)13-15-5-11-18(12-6-15)22(2)3/h5-12,14H,13H2,1-4H3,(H,21,24)/t14-/m1/s1. The Morgan fingerprint density at radius 2 is 1.62 bits per heavy atom. The molecule has 0 aromatic heterocycles. The number of benzene rings is 2. The maximum absolute atomic E-state index is 12.4. The molecule has 0 spiro atoms. The second-order valence-electron chi connectivity index (χ2n) is 6.15. The third-order valence-corrected chi connectivity index (χ3v) is 4.29. The highest BCUT2D eigenvalue weighted by Crippen LogP contribution is 2.16. The summed E-state index contributed by atoms with van der Waals surface area (Å²) in [6.07, 6.45) is 0. The molecule has 0 radical (unpaired) electrons. The maximum Gasteiger partial charge on any atom is 0.241 e. The lowest BCUT2D eigenvalue weighted by molar-refractivity contribution is -0.120. The lowest BCUT2D eigenvalue weighted by atomic mass is 10.1. The second kappa shape index (κ2) is 8.18. The van der Waals surface area contributed by atoms with Crippen LogP contribution < -0.4 is 10.2 Å². The van der Waals surface area contributed by atoms with Crippen molar-refractivity contribution in [2.45, 2.75) is 19.5 Å². The molecule has 1 atom stereocenters. The zero-order valence-corrected chi connectivity index (χ0v) is 15.3. The van der Waals surface area contributed by atoms with Gasteiger partial charge < -0.3 is 10.2 Å². The fourth-order valence-electron chi connectivity index (χ4n) is 2.30. The van der Waals surface area contributed by atoms with E-state index in [-0.39, 0.29) is 11.9 Å². The number of rotatable bonds is 6. The Morgan fingerprint density at radius 1 is 1.04 bits per heavy atom. The maximum atomic E-state index is 12.4. The molecule has 128 valence electrons. The zero-order chi connectivity index (χ0) is 17.7. The molecule has 2 aromatic rings. The first kappa shape index (κ1) is 18.3. The van der Waals surface area contributed by atoms with E-state index < -0.39 is 0 Å². The van der Waals surface area contributed by atoms with Crippen LogP contribution in [-0.4, -0.2) is 38.0 Å². The van der Waals surface area contributed by atoms with E-state index >= 15 is 0 Å². The summed E-state index contributed by atoms with van der Waals surface area (Å²) in [6.45, 7) is 2.61. The van der Waals surface area contributed by atoms with Gasteiger partial charge in [0.15, 0.2) is 0 Å². The number of carbonyl (C=O) groups excluding carboxylic acids is 1. The average Bonchev–Trinajstić information content (AvgIpc) is 2.56. The van der Waals surface area contributed by atoms with Gasteiger partial charge >= 0.3 is 0 Å². The molecule has 0 bridgehead atoms. The van der Waals surface area contributed by atoms with Crippen molar-refractivity contribution >= 4 is 28.9 Å². The van der Waals surface area contributed by atoms with E-state index in [2.05, 4.69) is 34.5 Å². The molecule has 4 nitrogen and oxygen atoms in total. The van der Waals surface area contributed by atoms with Gasteiger partial charge in [-0.25, -0.2) is 0 Å². The number of halogens is 1. The highest BCUT2D eigenvalue weighted by atomic mass is 35.5. The van der Waals surface area contributed by atoms with Gasteiger partial charge in [0.2, 0.25) is 5.91 Å². The van der Waals surface area contributed by atoms with Gasteiger partial charge in [0.1, 0.15) is 0 Å². The van der Waals surface area contributed by atoms with Gasteiger partial charge in [0, 0.05) is 37.0 Å². The van der Waals surface area contributed by atoms with Crippen LogP contribution in [0.1, 0.15) is 12.5 Å². The molecular weight excluding hydrogens is 322 g/mol. The summed E-state index contributed by atoms with van der Waals surface area (Å²) < 4.78 is 0. The van der Waals surface area contributed by atoms with E-state index in [0.717, 1.165) is 11.4 Å². The molecule has 1 N–H and O–H groups in total. The molecule has 0 saturated heterocycles. The molecule has 0 aliphatic heterocycles. The zero-order valence-electron chi connectivity index (χ0n) is 14.6. The summed E-state index contributed by atoms with van der Waals surface area (Å²) in [5, 5.41) is 3.57. The van der Waals surface area contributed by atoms with Crippen molar-refractivity contribution in [1.29, 1.82) is 0 Å². The van der Waals surface area contributed by atoms with Crippen LogP contribution in [0.5, 0.6) is 0 Å². The summed E-state index contributed by atoms with van der Waals surface area (Å²) >= 11 is 5.86. The smallest absolute Gasteiger partial charge is 0.241 e. The van der Waals surface area contributed by atoms with Crippen LogP contribution in [0.3, 0.4) is 0 Å². The Kier molecular flexibility index (Phi) is 6.23. The van der Waals surface area contributed by atoms with Crippen LogP contribution in [0.2, 0.25) is 5.02 Å². The summed E-state index contributed by atoms with van der Waals surface area (Å²) in [5.74, 6) is -0.0373. The van der Waals surface area contributed by atoms with Crippen molar-refractivity contribution in [3.8, 4) is 0 Å². The molecule has 2 rings (SSSR count). The van der Waals surface area contributed by atoms with Gasteiger partial charge in [0.25, 0.3) is 0 Å². The van der Waals surface area contributed by atoms with Crippen LogP contribution in [0.25, 0.3) is 0 Å². The van der Waals surface area contributed by atoms with E-state index in [1.807, 2.05) is 33.0 Å². The predicted octanol–water partition coefficient (Wildman–Crippen LogP) is 3.87. The molecular formula is C19H24ClN3O. The van der Waals surface area contributed by atoms with E-state index in [1.54, 1.807) is 24.3 Å². The number of nitrogens with zero attached hydrogens (tertiary/aromatic N) is 2. The van der Waals surface area contributed by atoms with E-state index in [1.165, 1.54) is 5.56 Å². The molecule has 0 saturated carbocycles. The summed E-state index contributed by atoms with van der Waals surface area (Å²) in [4.78, 5) is 16.5. The minimum absolute atomic E-state index is 0.0373. The van der Waals surface area contributed by atoms with Gasteiger partial charge in [-0.2, -0.15) is 0 Å². The molecule has 24 heavy (non-hydrogen) atoms. The first-order chi connectivity index (χ1) is 11.4. The Hall–Kier alpha value is -2.04. The van der Waals surface area contributed by atoms with Crippen LogP contribution in [-0.2, 0) is 11.3 Å². The van der Waals surface area contributed by atoms with Gasteiger partial charge in [-0.15, -0.1) is 0 Å². The second-order valence-corrected chi connectivity index (χ2v) is 6.58. The molecule has 5 heteroatoms. The average molecular weight is 346 g/mol. The predicted molar refractivity (Wildman–Crippen MR) is 102 cm³/mol. The lowest BCUT2D eigenvalue weighted by Crippen LogP contribution is -2.39. The molecule has 0 fully saturated rings. The van der Waals surface area contributed by atoms with Crippen molar-refractivity contribution in [2.24, 2.45) is 0 Å². The Bertz CT molecular complexity index is 668. The quantitative estimate of drug-likeness (QED) is 0.863. The number of nitrogens with one attached hydrogen (secondary N) is 1. The number of likely N-dealkylation sites (N-methyl/N-ethyl adjacent to an activating group) is 1. The first-order valence-corrected chi connectivity index (χ1v) is 8.27. The highest BCUT2D eigenvalue weighted by molar-refractivity contribution is 6.30. The largest absolute Gasteiger partial charge is 0.378 e. The minimum Gasteiger partial charge on any atom is -0.378 e. The van der Waals surface area contributed by atoms with Gasteiger partial charge in [-0.05, 0) is 55.9 Å². The molecule has 1 amide bonds. The Balaban J connectivity index is 1.94. The fraction of sp³-hybridized carbons (Fsp3) is 0.316. The minimum atomic E-state index is -0.241. The highest BCUT2D eigenvalue weighted by Gasteiger charge is 2.18. The third kappa shape index (κ3) is 4.98. The van der Waals surface area contributed by atoms with E-state index in [4.69, 9.17) is 11.6 Å². The van der Waals surface area contributed by atoms with Crippen molar-refractivity contribution in [3.05, 3.63) is 59.1 Å². The van der Waals surface area contributed by atoms with E-state index in [0.29, 0.717) is 11.6 Å². The molecule has 2 aromatic carbocycles. The summed E-state index contributed by atoms with van der Waals surface area (Å²) in [6, 6.07) is 15.2. The topological polar surface area (TPSA) is 35.6 Å². The number of anilines is 2. The van der Waals surface area contributed by atoms with Crippen molar-refractivity contribution in [2.75, 3.05) is 31.4 Å².